The van der Waals surface area contributed by atoms with E-state index in [2.05, 4.69) is 15.3 Å². The lowest BCUT2D eigenvalue weighted by molar-refractivity contribution is -0.133. The molecule has 0 radical (unpaired) electrons. The number of carbonyl (C=O) groups excluding carboxylic acids is 3. The van der Waals surface area contributed by atoms with Crippen LogP contribution in [0.5, 0.6) is 11.5 Å². The number of hydrogen-bond acceptors (Lipinski definition) is 7. The smallest absolute Gasteiger partial charge is 0.294 e. The number of aromatic nitrogens is 1. The van der Waals surface area contributed by atoms with Gasteiger partial charge in [-0.25, -0.2) is 0 Å². The number of nitrogens with zero attached hydrogens (tertiary/aromatic N) is 3. The van der Waals surface area contributed by atoms with Crippen molar-refractivity contribution in [1.29, 1.82) is 0 Å². The van der Waals surface area contributed by atoms with Crippen molar-refractivity contribution in [3.8, 4) is 11.5 Å². The van der Waals surface area contributed by atoms with Crippen LogP contribution in [0.4, 0.5) is 5.69 Å². The first-order valence-corrected chi connectivity index (χ1v) is 12.3. The number of allylic oxidation sites excluding steroid dienone is 1. The highest BCUT2D eigenvalue weighted by atomic mass is 16.5. The van der Waals surface area contributed by atoms with Crippen molar-refractivity contribution in [2.45, 2.75) is 46.1 Å². The number of rotatable bonds is 7. The fraction of sp³-hybridized carbons (Fsp3) is 0.276. The largest absolute Gasteiger partial charge is 0.456 e. The molecule has 3 N–H and O–H groups in total. The summed E-state index contributed by atoms with van der Waals surface area (Å²) in [5.74, 6) is 0.101. The molecule has 1 aromatic heterocycles. The molecule has 0 spiro atoms. The van der Waals surface area contributed by atoms with Gasteiger partial charge in [0, 0.05) is 42.7 Å². The van der Waals surface area contributed by atoms with Crippen LogP contribution in [0.2, 0.25) is 0 Å². The van der Waals surface area contributed by atoms with Crippen LogP contribution in [0, 0.1) is 6.92 Å². The molecule has 196 valence electrons. The summed E-state index contributed by atoms with van der Waals surface area (Å²) < 4.78 is 6.24. The molecule has 9 nitrogen and oxygen atoms in total. The maximum atomic E-state index is 12.6. The fourth-order valence-corrected chi connectivity index (χ4v) is 4.01. The monoisotopic (exact) mass is 513 g/mol. The van der Waals surface area contributed by atoms with Gasteiger partial charge in [-0.05, 0) is 69.2 Å². The second-order valence-electron chi connectivity index (χ2n) is 10.1. The quantitative estimate of drug-likeness (QED) is 0.364. The molecule has 3 aromatic rings. The highest BCUT2D eigenvalue weighted by Crippen LogP contribution is 2.34. The third-order valence-corrected chi connectivity index (χ3v) is 5.92. The summed E-state index contributed by atoms with van der Waals surface area (Å²) in [5.41, 5.74) is 8.78. The minimum absolute atomic E-state index is 0.159. The minimum atomic E-state index is -0.498. The molecule has 0 saturated carbocycles. The number of Topliss-reactive ketones (excluding diaryl/α,β-unsaturated/α-hetero) is 1. The Hall–Kier alpha value is -4.53. The third kappa shape index (κ3) is 6.23. The number of benzene rings is 2. The number of nitrogens with one attached hydrogen (secondary N) is 1. The van der Waals surface area contributed by atoms with Crippen molar-refractivity contribution in [1.82, 2.24) is 10.3 Å². The van der Waals surface area contributed by atoms with Crippen molar-refractivity contribution in [3.63, 3.8) is 0 Å². The molecule has 4 rings (SSSR count). The molecular weight excluding hydrogens is 482 g/mol. The van der Waals surface area contributed by atoms with Crippen LogP contribution in [0.3, 0.4) is 0 Å². The first-order valence-electron chi connectivity index (χ1n) is 12.3. The Morgan fingerprint density at radius 2 is 1.95 bits per heavy atom. The van der Waals surface area contributed by atoms with E-state index in [1.807, 2.05) is 52.0 Å². The van der Waals surface area contributed by atoms with E-state index >= 15 is 0 Å². The van der Waals surface area contributed by atoms with Crippen molar-refractivity contribution in [2.75, 3.05) is 11.4 Å². The van der Waals surface area contributed by atoms with Crippen molar-refractivity contribution in [2.24, 2.45) is 10.7 Å². The van der Waals surface area contributed by atoms with Crippen molar-refractivity contribution >= 4 is 40.4 Å². The summed E-state index contributed by atoms with van der Waals surface area (Å²) in [5, 5.41) is 3.50. The summed E-state index contributed by atoms with van der Waals surface area (Å²) in [6, 6.07) is 12.7. The molecule has 1 aliphatic rings. The number of carbonyl (C=O) groups is 3. The normalized spacial score (nSPS) is 14.5. The minimum Gasteiger partial charge on any atom is -0.456 e. The first-order chi connectivity index (χ1) is 18.0. The Balaban J connectivity index is 1.50. The summed E-state index contributed by atoms with van der Waals surface area (Å²) in [4.78, 5) is 46.7. The topological polar surface area (TPSA) is 127 Å². The Kier molecular flexibility index (Phi) is 7.57. The molecular formula is C29H31N5O4. The SMILES string of the molecule is Cc1cc(CC(=O)N/C(C=NC(C)(C)C)=C/N)ccc1Oc1ccnc2ccc(N3CCC(=O)C3=O)cc12. The van der Waals surface area contributed by atoms with E-state index < -0.39 is 5.91 Å². The van der Waals surface area contributed by atoms with Crippen LogP contribution in [0.25, 0.3) is 10.9 Å². The maximum Gasteiger partial charge on any atom is 0.294 e. The predicted molar refractivity (Wildman–Crippen MR) is 147 cm³/mol. The number of aliphatic imine (C=N–C) groups is 1. The molecule has 1 saturated heterocycles. The fourth-order valence-electron chi connectivity index (χ4n) is 4.01. The molecule has 0 atom stereocenters. The van der Waals surface area contributed by atoms with Crippen LogP contribution in [0.15, 0.2) is 65.6 Å². The van der Waals surface area contributed by atoms with E-state index in [-0.39, 0.29) is 30.1 Å². The molecule has 2 aromatic carbocycles. The zero-order chi connectivity index (χ0) is 27.4. The van der Waals surface area contributed by atoms with Crippen LogP contribution in [-0.4, -0.2) is 40.9 Å². The van der Waals surface area contributed by atoms with Gasteiger partial charge < -0.3 is 20.7 Å². The molecule has 1 aliphatic heterocycles. The lowest BCUT2D eigenvalue weighted by Crippen LogP contribution is -2.26. The molecule has 9 heteroatoms. The van der Waals surface area contributed by atoms with Gasteiger partial charge >= 0.3 is 0 Å². The second kappa shape index (κ2) is 10.8. The standard InChI is InChI=1S/C29H31N5O4/c1-18-13-19(14-27(36)33-20(16-30)17-32-29(2,3)4)5-8-25(18)38-26-9-11-31-23-7-6-21(15-22(23)26)34-12-10-24(35)28(34)37/h5-9,11,13,15-17H,10,12,14,30H2,1-4H3,(H,33,36)/b20-16+,32-17?. The molecule has 2 heterocycles. The second-order valence-corrected chi connectivity index (χ2v) is 10.1. The summed E-state index contributed by atoms with van der Waals surface area (Å²) in [7, 11) is 0. The highest BCUT2D eigenvalue weighted by molar-refractivity contribution is 6.43. The van der Waals surface area contributed by atoms with E-state index in [0.717, 1.165) is 16.5 Å². The van der Waals surface area contributed by atoms with Crippen molar-refractivity contribution in [3.05, 3.63) is 71.7 Å². The average Bonchev–Trinajstić information content (AvgIpc) is 3.20. The van der Waals surface area contributed by atoms with E-state index in [4.69, 9.17) is 10.5 Å². The Labute approximate surface area is 221 Å². The van der Waals surface area contributed by atoms with Crippen LogP contribution in [0.1, 0.15) is 38.3 Å². The summed E-state index contributed by atoms with van der Waals surface area (Å²) >= 11 is 0. The number of hydrogen-bond donors (Lipinski definition) is 2. The van der Waals surface area contributed by atoms with Gasteiger partial charge in [0.05, 0.1) is 23.2 Å². The Morgan fingerprint density at radius 3 is 2.61 bits per heavy atom. The van der Waals surface area contributed by atoms with Gasteiger partial charge in [-0.3, -0.25) is 24.4 Å². The van der Waals surface area contributed by atoms with E-state index in [1.54, 1.807) is 30.6 Å². The van der Waals surface area contributed by atoms with Gasteiger partial charge in [0.25, 0.3) is 5.91 Å². The van der Waals surface area contributed by atoms with Crippen LogP contribution in [-0.2, 0) is 20.8 Å². The van der Waals surface area contributed by atoms with Crippen molar-refractivity contribution < 1.29 is 19.1 Å². The zero-order valence-corrected chi connectivity index (χ0v) is 21.9. The molecule has 0 aliphatic carbocycles. The molecule has 0 unspecified atom stereocenters. The first kappa shape index (κ1) is 26.5. The Bertz CT molecular complexity index is 1470. The number of nitrogens with two attached hydrogens (primary N) is 1. The lowest BCUT2D eigenvalue weighted by atomic mass is 10.1. The molecule has 2 amide bonds. The third-order valence-electron chi connectivity index (χ3n) is 5.92. The van der Waals surface area contributed by atoms with Gasteiger partial charge in [-0.1, -0.05) is 12.1 Å². The highest BCUT2D eigenvalue weighted by Gasteiger charge is 2.30. The number of amides is 2. The van der Waals surface area contributed by atoms with Crippen LogP contribution < -0.4 is 20.7 Å². The number of ether oxygens (including phenoxy) is 1. The Morgan fingerprint density at radius 1 is 1.16 bits per heavy atom. The summed E-state index contributed by atoms with van der Waals surface area (Å²) in [6.07, 6.45) is 4.90. The van der Waals surface area contributed by atoms with E-state index in [0.29, 0.717) is 34.9 Å². The number of fused-ring (bicyclic) bond motifs is 1. The predicted octanol–water partition coefficient (Wildman–Crippen LogP) is 3.97. The van der Waals surface area contributed by atoms with Gasteiger partial charge in [0.2, 0.25) is 11.7 Å². The molecule has 1 fully saturated rings. The van der Waals surface area contributed by atoms with Gasteiger partial charge in [0.15, 0.2) is 0 Å². The number of aryl methyl sites for hydroxylation is 1. The number of anilines is 1. The van der Waals surface area contributed by atoms with Gasteiger partial charge in [-0.2, -0.15) is 0 Å². The average molecular weight is 514 g/mol. The van der Waals surface area contributed by atoms with Gasteiger partial charge in [0.1, 0.15) is 11.5 Å². The zero-order valence-electron chi connectivity index (χ0n) is 21.9. The number of pyridine rings is 1. The van der Waals surface area contributed by atoms with E-state index in [9.17, 15) is 14.4 Å². The lowest BCUT2D eigenvalue weighted by Gasteiger charge is -2.17. The molecule has 0 bridgehead atoms. The molecule has 38 heavy (non-hydrogen) atoms. The maximum absolute atomic E-state index is 12.6. The number of ketones is 1. The van der Waals surface area contributed by atoms with E-state index in [1.165, 1.54) is 11.1 Å². The van der Waals surface area contributed by atoms with Crippen LogP contribution >= 0.6 is 0 Å². The van der Waals surface area contributed by atoms with Gasteiger partial charge in [-0.15, -0.1) is 0 Å². The summed E-state index contributed by atoms with van der Waals surface area (Å²) in [6.45, 7) is 8.13.